The summed E-state index contributed by atoms with van der Waals surface area (Å²) in [6.45, 7) is 5.04. The number of hydrogen-bond acceptors (Lipinski definition) is 4. The number of likely N-dealkylation sites (tertiary alicyclic amines) is 2. The second-order valence-electron chi connectivity index (χ2n) is 9.51. The molecule has 166 valence electrons. The van der Waals surface area contributed by atoms with Crippen molar-refractivity contribution < 1.29 is 4.79 Å². The Bertz CT molecular complexity index is 867. The quantitative estimate of drug-likeness (QED) is 0.733. The molecule has 3 heterocycles. The van der Waals surface area contributed by atoms with Gasteiger partial charge in [-0.1, -0.05) is 31.0 Å². The highest BCUT2D eigenvalue weighted by molar-refractivity contribution is 5.91. The smallest absolute Gasteiger partial charge is 0.239 e. The van der Waals surface area contributed by atoms with Gasteiger partial charge >= 0.3 is 0 Å². The first-order valence-electron chi connectivity index (χ1n) is 12.2. The van der Waals surface area contributed by atoms with Gasteiger partial charge in [0.25, 0.3) is 0 Å². The van der Waals surface area contributed by atoms with Crippen LogP contribution >= 0.6 is 0 Å². The van der Waals surface area contributed by atoms with Crippen molar-refractivity contribution >= 4 is 11.7 Å². The van der Waals surface area contributed by atoms with E-state index in [0.29, 0.717) is 18.5 Å². The van der Waals surface area contributed by atoms with Crippen LogP contribution in [0.15, 0.2) is 36.4 Å². The van der Waals surface area contributed by atoms with Gasteiger partial charge < -0.3 is 10.2 Å². The highest BCUT2D eigenvalue weighted by Gasteiger charge is 2.29. The van der Waals surface area contributed by atoms with Crippen LogP contribution in [0.3, 0.4) is 0 Å². The molecule has 0 spiro atoms. The molecule has 31 heavy (non-hydrogen) atoms. The van der Waals surface area contributed by atoms with Crippen LogP contribution < -0.4 is 5.32 Å². The molecule has 0 bridgehead atoms. The fraction of sp³-hybridized carbons (Fsp3) is 0.600. The molecule has 3 fully saturated rings. The van der Waals surface area contributed by atoms with Gasteiger partial charge in [0.05, 0.1) is 17.9 Å². The summed E-state index contributed by atoms with van der Waals surface area (Å²) in [6, 6.07) is 12.8. The fourth-order valence-electron chi connectivity index (χ4n) is 5.62. The van der Waals surface area contributed by atoms with Crippen LogP contribution in [0.1, 0.15) is 63.0 Å². The number of benzene rings is 1. The van der Waals surface area contributed by atoms with Crippen molar-refractivity contribution in [1.29, 1.82) is 0 Å². The standard InChI is InChI=1S/C25H35N5O/c31-25(19-29-16-8-13-22(29)18-28-14-6-7-15-28)26-24-17-23(20-9-4-5-10-20)27-30(24)21-11-2-1-3-12-21/h1-3,11-12,17,20,22H,4-10,13-16,18-19H2,(H,26,31). The molecular formula is C25H35N5O. The number of anilines is 1. The van der Waals surface area contributed by atoms with E-state index in [-0.39, 0.29) is 5.91 Å². The largest absolute Gasteiger partial charge is 0.309 e. The molecule has 3 aliphatic rings. The normalized spacial score (nSPS) is 23.0. The molecule has 2 aliphatic heterocycles. The zero-order valence-electron chi connectivity index (χ0n) is 18.5. The zero-order valence-corrected chi connectivity index (χ0v) is 18.5. The SMILES string of the molecule is O=C(CN1CCCC1CN1CCCC1)Nc1cc(C2CCCC2)nn1-c1ccccc1. The Morgan fingerprint density at radius 3 is 2.52 bits per heavy atom. The van der Waals surface area contributed by atoms with Gasteiger partial charge in [-0.3, -0.25) is 9.69 Å². The van der Waals surface area contributed by atoms with Gasteiger partial charge in [-0.25, -0.2) is 4.68 Å². The molecular weight excluding hydrogens is 386 g/mol. The third kappa shape index (κ3) is 4.85. The minimum atomic E-state index is 0.0726. The number of carbonyl (C=O) groups excluding carboxylic acids is 1. The number of aromatic nitrogens is 2. The van der Waals surface area contributed by atoms with E-state index in [4.69, 9.17) is 5.10 Å². The van der Waals surface area contributed by atoms with Crippen LogP contribution in [0.2, 0.25) is 0 Å². The highest BCUT2D eigenvalue weighted by atomic mass is 16.2. The Kier molecular flexibility index (Phi) is 6.37. The third-order valence-electron chi connectivity index (χ3n) is 7.28. The maximum absolute atomic E-state index is 13.1. The topological polar surface area (TPSA) is 53.4 Å². The number of amides is 1. The van der Waals surface area contributed by atoms with E-state index in [1.807, 2.05) is 35.0 Å². The van der Waals surface area contributed by atoms with Crippen molar-refractivity contribution in [3.05, 3.63) is 42.1 Å². The lowest BCUT2D eigenvalue weighted by molar-refractivity contribution is -0.117. The molecule has 0 radical (unpaired) electrons. The van der Waals surface area contributed by atoms with Gasteiger partial charge in [0.15, 0.2) is 0 Å². The van der Waals surface area contributed by atoms with E-state index in [2.05, 4.69) is 21.2 Å². The molecule has 1 atom stereocenters. The van der Waals surface area contributed by atoms with Gasteiger partial charge in [0.1, 0.15) is 5.82 Å². The summed E-state index contributed by atoms with van der Waals surface area (Å²) >= 11 is 0. The van der Waals surface area contributed by atoms with Gasteiger partial charge in [-0.2, -0.15) is 5.10 Å². The molecule has 6 nitrogen and oxygen atoms in total. The first-order chi connectivity index (χ1) is 15.3. The summed E-state index contributed by atoms with van der Waals surface area (Å²) in [6.07, 6.45) is 9.99. The van der Waals surface area contributed by atoms with Crippen LogP contribution in [-0.4, -0.2) is 64.3 Å². The predicted octanol–water partition coefficient (Wildman–Crippen LogP) is 4.03. The van der Waals surface area contributed by atoms with E-state index >= 15 is 0 Å². The summed E-state index contributed by atoms with van der Waals surface area (Å²) in [7, 11) is 0. The second kappa shape index (κ2) is 9.53. The van der Waals surface area contributed by atoms with Crippen molar-refractivity contribution in [2.24, 2.45) is 0 Å². The van der Waals surface area contributed by atoms with Crippen LogP contribution in [0.5, 0.6) is 0 Å². The van der Waals surface area contributed by atoms with E-state index in [9.17, 15) is 4.79 Å². The van der Waals surface area contributed by atoms with Crippen LogP contribution in [0.4, 0.5) is 5.82 Å². The molecule has 1 unspecified atom stereocenters. The van der Waals surface area contributed by atoms with E-state index in [1.165, 1.54) is 64.5 Å². The average Bonchev–Trinajstić information content (AvgIpc) is 3.58. The van der Waals surface area contributed by atoms with Gasteiger partial charge in [-0.15, -0.1) is 0 Å². The monoisotopic (exact) mass is 421 g/mol. The van der Waals surface area contributed by atoms with Crippen molar-refractivity contribution in [3.8, 4) is 5.69 Å². The number of hydrogen-bond donors (Lipinski definition) is 1. The van der Waals surface area contributed by atoms with Crippen LogP contribution in [0.25, 0.3) is 5.69 Å². The molecule has 5 rings (SSSR count). The highest BCUT2D eigenvalue weighted by Crippen LogP contribution is 2.35. The predicted molar refractivity (Wildman–Crippen MR) is 124 cm³/mol. The summed E-state index contributed by atoms with van der Waals surface area (Å²) in [5.74, 6) is 1.39. The van der Waals surface area contributed by atoms with Crippen molar-refractivity contribution in [1.82, 2.24) is 19.6 Å². The number of carbonyl (C=O) groups is 1. The second-order valence-corrected chi connectivity index (χ2v) is 9.51. The maximum atomic E-state index is 13.1. The van der Waals surface area contributed by atoms with Crippen molar-refractivity contribution in [3.63, 3.8) is 0 Å². The summed E-state index contributed by atoms with van der Waals surface area (Å²) < 4.78 is 1.91. The van der Waals surface area contributed by atoms with Crippen LogP contribution in [-0.2, 0) is 4.79 Å². The molecule has 1 N–H and O–H groups in total. The lowest BCUT2D eigenvalue weighted by Gasteiger charge is -2.27. The van der Waals surface area contributed by atoms with Gasteiger partial charge in [0.2, 0.25) is 5.91 Å². The Morgan fingerprint density at radius 1 is 0.968 bits per heavy atom. The van der Waals surface area contributed by atoms with Crippen LogP contribution in [0, 0.1) is 0 Å². The zero-order chi connectivity index (χ0) is 21.0. The number of nitrogens with zero attached hydrogens (tertiary/aromatic N) is 4. The van der Waals surface area contributed by atoms with Crippen molar-refractivity contribution in [2.45, 2.75) is 63.3 Å². The maximum Gasteiger partial charge on any atom is 0.239 e. The Balaban J connectivity index is 1.28. The molecule has 2 saturated heterocycles. The fourth-order valence-corrected chi connectivity index (χ4v) is 5.62. The molecule has 2 aromatic rings. The summed E-state index contributed by atoms with van der Waals surface area (Å²) in [5, 5.41) is 8.11. The number of nitrogens with one attached hydrogen (secondary N) is 1. The minimum absolute atomic E-state index is 0.0726. The summed E-state index contributed by atoms with van der Waals surface area (Å²) in [5.41, 5.74) is 2.11. The Morgan fingerprint density at radius 2 is 1.74 bits per heavy atom. The molecule has 6 heteroatoms. The first kappa shape index (κ1) is 20.7. The summed E-state index contributed by atoms with van der Waals surface area (Å²) in [4.78, 5) is 18.0. The average molecular weight is 422 g/mol. The lowest BCUT2D eigenvalue weighted by atomic mass is 10.0. The lowest BCUT2D eigenvalue weighted by Crippen LogP contribution is -2.42. The number of para-hydroxylation sites is 1. The Labute approximate surface area is 185 Å². The molecule has 1 saturated carbocycles. The molecule has 1 aromatic carbocycles. The molecule has 1 aliphatic carbocycles. The number of rotatable bonds is 7. The molecule has 1 amide bonds. The van der Waals surface area contributed by atoms with Gasteiger partial charge in [0, 0.05) is 24.6 Å². The van der Waals surface area contributed by atoms with Gasteiger partial charge in [-0.05, 0) is 70.3 Å². The first-order valence-corrected chi connectivity index (χ1v) is 12.2. The molecule has 1 aromatic heterocycles. The van der Waals surface area contributed by atoms with E-state index in [1.54, 1.807) is 0 Å². The van der Waals surface area contributed by atoms with E-state index < -0.39 is 0 Å². The van der Waals surface area contributed by atoms with E-state index in [0.717, 1.165) is 30.3 Å². The Hall–Kier alpha value is -2.18. The minimum Gasteiger partial charge on any atom is -0.309 e. The third-order valence-corrected chi connectivity index (χ3v) is 7.28. The van der Waals surface area contributed by atoms with Crippen molar-refractivity contribution in [2.75, 3.05) is 38.0 Å².